The number of benzene rings is 2. The van der Waals surface area contributed by atoms with Gasteiger partial charge < -0.3 is 10.6 Å². The maximum absolute atomic E-state index is 13.8. The molecule has 0 aliphatic heterocycles. The molecule has 0 aliphatic rings. The van der Waals surface area contributed by atoms with Gasteiger partial charge in [0.15, 0.2) is 17.5 Å². The van der Waals surface area contributed by atoms with Crippen molar-refractivity contribution in [3.05, 3.63) is 89.5 Å². The van der Waals surface area contributed by atoms with Gasteiger partial charge in [-0.25, -0.2) is 13.2 Å². The van der Waals surface area contributed by atoms with Gasteiger partial charge in [-0.3, -0.25) is 14.6 Å². The molecule has 1 heterocycles. The lowest BCUT2D eigenvalue weighted by Gasteiger charge is -2.13. The van der Waals surface area contributed by atoms with Crippen LogP contribution in [-0.2, 0) is 0 Å². The molecule has 8 heteroatoms. The number of nitrogens with zero attached hydrogens (tertiary/aromatic N) is 1. The van der Waals surface area contributed by atoms with Crippen molar-refractivity contribution >= 4 is 23.2 Å². The summed E-state index contributed by atoms with van der Waals surface area (Å²) < 4.78 is 40.2. The van der Waals surface area contributed by atoms with Gasteiger partial charge in [0.1, 0.15) is 0 Å². The van der Waals surface area contributed by atoms with E-state index in [4.69, 9.17) is 0 Å². The normalized spacial score (nSPS) is 10.3. The summed E-state index contributed by atoms with van der Waals surface area (Å²) in [6.45, 7) is 0. The zero-order valence-electron chi connectivity index (χ0n) is 13.7. The van der Waals surface area contributed by atoms with E-state index in [2.05, 4.69) is 15.6 Å². The third kappa shape index (κ3) is 3.95. The first-order valence-corrected chi connectivity index (χ1v) is 7.72. The van der Waals surface area contributed by atoms with Gasteiger partial charge in [0.25, 0.3) is 11.8 Å². The Balaban J connectivity index is 1.83. The van der Waals surface area contributed by atoms with E-state index in [0.29, 0.717) is 11.6 Å². The van der Waals surface area contributed by atoms with E-state index in [1.165, 1.54) is 24.5 Å². The smallest absolute Gasteiger partial charge is 0.258 e. The molecule has 136 valence electrons. The van der Waals surface area contributed by atoms with Crippen LogP contribution in [0, 0.1) is 17.5 Å². The molecule has 0 fully saturated rings. The molecule has 1 aromatic heterocycles. The second-order valence-corrected chi connectivity index (χ2v) is 5.42. The van der Waals surface area contributed by atoms with E-state index < -0.39 is 34.8 Å². The highest BCUT2D eigenvalue weighted by molar-refractivity contribution is 6.09. The van der Waals surface area contributed by atoms with Crippen LogP contribution in [0.4, 0.5) is 24.5 Å². The number of pyridine rings is 1. The third-order valence-electron chi connectivity index (χ3n) is 3.63. The van der Waals surface area contributed by atoms with E-state index in [9.17, 15) is 22.8 Å². The van der Waals surface area contributed by atoms with Crippen molar-refractivity contribution in [2.45, 2.75) is 0 Å². The Hall–Kier alpha value is -3.68. The first-order chi connectivity index (χ1) is 13.0. The average molecular weight is 371 g/mol. The molecule has 0 spiro atoms. The van der Waals surface area contributed by atoms with Gasteiger partial charge in [-0.2, -0.15) is 0 Å². The quantitative estimate of drug-likeness (QED) is 0.681. The molecule has 0 unspecified atom stereocenters. The summed E-state index contributed by atoms with van der Waals surface area (Å²) in [5.41, 5.74) is 0.0270. The molecule has 2 amide bonds. The van der Waals surface area contributed by atoms with E-state index in [1.54, 1.807) is 24.3 Å². The summed E-state index contributed by atoms with van der Waals surface area (Å²) >= 11 is 0. The highest BCUT2D eigenvalue weighted by Crippen LogP contribution is 2.23. The van der Waals surface area contributed by atoms with Crippen molar-refractivity contribution in [3.8, 4) is 0 Å². The Bertz CT molecular complexity index is 1010. The van der Waals surface area contributed by atoms with E-state index >= 15 is 0 Å². The van der Waals surface area contributed by atoms with Gasteiger partial charge in [-0.05, 0) is 36.4 Å². The molecule has 3 aromatic rings. The number of hydrogen-bond donors (Lipinski definition) is 2. The summed E-state index contributed by atoms with van der Waals surface area (Å²) in [5.74, 6) is -6.18. The van der Waals surface area contributed by atoms with E-state index in [0.717, 1.165) is 6.07 Å². The second kappa shape index (κ2) is 7.69. The Kier molecular flexibility index (Phi) is 5.16. The van der Waals surface area contributed by atoms with Crippen molar-refractivity contribution < 1.29 is 22.8 Å². The van der Waals surface area contributed by atoms with Crippen molar-refractivity contribution in [2.24, 2.45) is 0 Å². The molecule has 0 saturated heterocycles. The first kappa shape index (κ1) is 18.1. The van der Waals surface area contributed by atoms with Crippen molar-refractivity contribution in [2.75, 3.05) is 10.6 Å². The molecule has 0 atom stereocenters. The van der Waals surface area contributed by atoms with Crippen molar-refractivity contribution in [1.82, 2.24) is 4.98 Å². The average Bonchev–Trinajstić information content (AvgIpc) is 2.68. The van der Waals surface area contributed by atoms with Gasteiger partial charge in [0.2, 0.25) is 0 Å². The Morgan fingerprint density at radius 3 is 2.07 bits per heavy atom. The van der Waals surface area contributed by atoms with Gasteiger partial charge in [-0.1, -0.05) is 12.1 Å². The monoisotopic (exact) mass is 371 g/mol. The molecular formula is C19H12F3N3O2. The maximum atomic E-state index is 13.8. The van der Waals surface area contributed by atoms with Crippen LogP contribution >= 0.6 is 0 Å². The highest BCUT2D eigenvalue weighted by Gasteiger charge is 2.20. The standard InChI is InChI=1S/C19H12F3N3O2/c20-13-8-7-12(16(21)17(13)22)19(27)25-15-6-2-1-5-14(15)24-18(26)11-4-3-9-23-10-11/h1-10H,(H,24,26)(H,25,27). The SMILES string of the molecule is O=C(Nc1ccccc1NC(=O)c1ccc(F)c(F)c1F)c1cccnc1. The van der Waals surface area contributed by atoms with Crippen LogP contribution in [0.1, 0.15) is 20.7 Å². The Morgan fingerprint density at radius 1 is 0.778 bits per heavy atom. The van der Waals surface area contributed by atoms with Crippen LogP contribution in [0.2, 0.25) is 0 Å². The lowest BCUT2D eigenvalue weighted by molar-refractivity contribution is 0.101. The Morgan fingerprint density at radius 2 is 1.44 bits per heavy atom. The first-order valence-electron chi connectivity index (χ1n) is 7.72. The molecule has 27 heavy (non-hydrogen) atoms. The molecule has 0 bridgehead atoms. The fourth-order valence-corrected chi connectivity index (χ4v) is 2.28. The molecule has 2 aromatic carbocycles. The van der Waals surface area contributed by atoms with Crippen LogP contribution in [0.15, 0.2) is 60.9 Å². The number of halogens is 3. The molecule has 0 aliphatic carbocycles. The fourth-order valence-electron chi connectivity index (χ4n) is 2.28. The minimum Gasteiger partial charge on any atom is -0.320 e. The van der Waals surface area contributed by atoms with Gasteiger partial charge >= 0.3 is 0 Å². The largest absolute Gasteiger partial charge is 0.320 e. The van der Waals surface area contributed by atoms with E-state index in [1.807, 2.05) is 0 Å². The number of nitrogens with one attached hydrogen (secondary N) is 2. The predicted molar refractivity (Wildman–Crippen MR) is 92.9 cm³/mol. The minimum atomic E-state index is -1.74. The lowest BCUT2D eigenvalue weighted by Crippen LogP contribution is -2.18. The summed E-state index contributed by atoms with van der Waals surface area (Å²) in [4.78, 5) is 28.3. The summed E-state index contributed by atoms with van der Waals surface area (Å²) in [6, 6.07) is 10.8. The molecule has 3 rings (SSSR count). The van der Waals surface area contributed by atoms with Crippen LogP contribution in [0.5, 0.6) is 0 Å². The predicted octanol–water partition coefficient (Wildman–Crippen LogP) is 4.00. The number of carbonyl (C=O) groups excluding carboxylic acids is 2. The van der Waals surface area contributed by atoms with Crippen molar-refractivity contribution in [3.63, 3.8) is 0 Å². The molecule has 0 saturated carbocycles. The van der Waals surface area contributed by atoms with Crippen LogP contribution in [-0.4, -0.2) is 16.8 Å². The van der Waals surface area contributed by atoms with Crippen LogP contribution < -0.4 is 10.6 Å². The molecule has 5 nitrogen and oxygen atoms in total. The number of rotatable bonds is 4. The van der Waals surface area contributed by atoms with Crippen LogP contribution in [0.25, 0.3) is 0 Å². The summed E-state index contributed by atoms with van der Waals surface area (Å²) in [7, 11) is 0. The number of para-hydroxylation sites is 2. The third-order valence-corrected chi connectivity index (χ3v) is 3.63. The topological polar surface area (TPSA) is 71.1 Å². The van der Waals surface area contributed by atoms with Gasteiger partial charge in [0, 0.05) is 12.4 Å². The zero-order chi connectivity index (χ0) is 19.4. The van der Waals surface area contributed by atoms with Crippen molar-refractivity contribution in [1.29, 1.82) is 0 Å². The number of aromatic nitrogens is 1. The zero-order valence-corrected chi connectivity index (χ0v) is 13.7. The van der Waals surface area contributed by atoms with Crippen LogP contribution in [0.3, 0.4) is 0 Å². The molecular weight excluding hydrogens is 359 g/mol. The number of carbonyl (C=O) groups is 2. The Labute approximate surface area is 151 Å². The van der Waals surface area contributed by atoms with Gasteiger partial charge in [-0.15, -0.1) is 0 Å². The summed E-state index contributed by atoms with van der Waals surface area (Å²) in [5, 5.41) is 4.97. The minimum absolute atomic E-state index is 0.156. The highest BCUT2D eigenvalue weighted by atomic mass is 19.2. The maximum Gasteiger partial charge on any atom is 0.258 e. The number of hydrogen-bond acceptors (Lipinski definition) is 3. The lowest BCUT2D eigenvalue weighted by atomic mass is 10.1. The number of anilines is 2. The molecule has 2 N–H and O–H groups in total. The van der Waals surface area contributed by atoms with E-state index in [-0.39, 0.29) is 11.4 Å². The second-order valence-electron chi connectivity index (χ2n) is 5.42. The fraction of sp³-hybridized carbons (Fsp3) is 0. The summed E-state index contributed by atoms with van der Waals surface area (Å²) in [6.07, 6.45) is 2.88. The number of amides is 2. The molecule has 0 radical (unpaired) electrons. The van der Waals surface area contributed by atoms with Gasteiger partial charge in [0.05, 0.1) is 22.5 Å².